The Morgan fingerprint density at radius 1 is 0.879 bits per heavy atom. The van der Waals surface area contributed by atoms with Gasteiger partial charge in [-0.05, 0) is 56.0 Å². The lowest BCUT2D eigenvalue weighted by Gasteiger charge is -2.22. The van der Waals surface area contributed by atoms with Crippen LogP contribution in [-0.4, -0.2) is 27.8 Å². The normalized spacial score (nSPS) is 13.6. The van der Waals surface area contributed by atoms with Crippen molar-refractivity contribution in [3.63, 3.8) is 0 Å². The SMILES string of the molecule is Cc1ccc(-c2nn(-c3cc([N+](=O)[O-])ccc3N3CCCC3)c(=O)c3ccccc23)cc1C. The zero-order valence-corrected chi connectivity index (χ0v) is 18.6. The van der Waals surface area contributed by atoms with E-state index in [9.17, 15) is 14.9 Å². The highest BCUT2D eigenvalue weighted by Crippen LogP contribution is 2.32. The van der Waals surface area contributed by atoms with Crippen LogP contribution < -0.4 is 10.5 Å². The van der Waals surface area contributed by atoms with Crippen LogP contribution >= 0.6 is 0 Å². The Balaban J connectivity index is 1.83. The Hall–Kier alpha value is -4.00. The molecule has 0 unspecified atom stereocenters. The van der Waals surface area contributed by atoms with E-state index in [2.05, 4.69) is 17.9 Å². The molecule has 0 radical (unpaired) electrons. The second-order valence-corrected chi connectivity index (χ2v) is 8.53. The summed E-state index contributed by atoms with van der Waals surface area (Å²) in [7, 11) is 0. The summed E-state index contributed by atoms with van der Waals surface area (Å²) in [6, 6.07) is 18.2. The summed E-state index contributed by atoms with van der Waals surface area (Å²) < 4.78 is 1.34. The van der Waals surface area contributed by atoms with Gasteiger partial charge in [0.05, 0.1) is 27.4 Å². The standard InChI is InChI=1S/C26H24N4O3/c1-17-9-10-19(15-18(17)2)25-21-7-3-4-8-22(21)26(31)29(27-25)24-16-20(30(32)33)11-12-23(24)28-13-5-6-14-28/h3-4,7-12,15-16H,5-6,13-14H2,1-2H3. The lowest BCUT2D eigenvalue weighted by Crippen LogP contribution is -2.26. The maximum Gasteiger partial charge on any atom is 0.279 e. The third-order valence-electron chi connectivity index (χ3n) is 6.43. The molecule has 1 aliphatic rings. The summed E-state index contributed by atoms with van der Waals surface area (Å²) in [6.07, 6.45) is 2.09. The molecule has 33 heavy (non-hydrogen) atoms. The molecular formula is C26H24N4O3. The van der Waals surface area contributed by atoms with Gasteiger partial charge in [-0.3, -0.25) is 14.9 Å². The van der Waals surface area contributed by atoms with Crippen molar-refractivity contribution in [2.45, 2.75) is 26.7 Å². The molecule has 5 rings (SSSR count). The molecule has 0 amide bonds. The predicted molar refractivity (Wildman–Crippen MR) is 130 cm³/mol. The van der Waals surface area contributed by atoms with Crippen LogP contribution in [0.15, 0.2) is 65.5 Å². The van der Waals surface area contributed by atoms with E-state index in [1.54, 1.807) is 12.1 Å². The van der Waals surface area contributed by atoms with Crippen molar-refractivity contribution < 1.29 is 4.92 Å². The van der Waals surface area contributed by atoms with E-state index in [-0.39, 0.29) is 11.2 Å². The first kappa shape index (κ1) is 20.9. The zero-order chi connectivity index (χ0) is 23.1. The summed E-state index contributed by atoms with van der Waals surface area (Å²) >= 11 is 0. The fourth-order valence-electron chi connectivity index (χ4n) is 4.48. The molecule has 0 N–H and O–H groups in total. The van der Waals surface area contributed by atoms with Gasteiger partial charge in [-0.25, -0.2) is 0 Å². The van der Waals surface area contributed by atoms with E-state index in [0.717, 1.165) is 48.1 Å². The Kier molecular flexibility index (Phi) is 5.17. The largest absolute Gasteiger partial charge is 0.370 e. The maximum absolute atomic E-state index is 13.6. The highest BCUT2D eigenvalue weighted by Gasteiger charge is 2.23. The number of aryl methyl sites for hydroxylation is 2. The number of benzene rings is 3. The van der Waals surface area contributed by atoms with Crippen molar-refractivity contribution in [1.82, 2.24) is 9.78 Å². The van der Waals surface area contributed by atoms with Crippen LogP contribution in [0.1, 0.15) is 24.0 Å². The molecule has 3 aromatic carbocycles. The molecule has 0 saturated carbocycles. The van der Waals surface area contributed by atoms with Crippen LogP contribution in [0.2, 0.25) is 0 Å². The molecule has 2 heterocycles. The first-order chi connectivity index (χ1) is 15.9. The molecule has 0 bridgehead atoms. The van der Waals surface area contributed by atoms with Crippen LogP contribution in [0.25, 0.3) is 27.7 Å². The van der Waals surface area contributed by atoms with Crippen LogP contribution in [0, 0.1) is 24.0 Å². The highest BCUT2D eigenvalue weighted by molar-refractivity contribution is 5.94. The lowest BCUT2D eigenvalue weighted by atomic mass is 10.0. The first-order valence-corrected chi connectivity index (χ1v) is 11.1. The molecule has 0 spiro atoms. The van der Waals surface area contributed by atoms with Gasteiger partial charge in [-0.2, -0.15) is 9.78 Å². The summed E-state index contributed by atoms with van der Waals surface area (Å²) in [5.74, 6) is 0. The summed E-state index contributed by atoms with van der Waals surface area (Å²) in [5.41, 5.74) is 4.74. The van der Waals surface area contributed by atoms with Crippen LogP contribution in [0.4, 0.5) is 11.4 Å². The third kappa shape index (κ3) is 3.65. The van der Waals surface area contributed by atoms with Crippen molar-refractivity contribution in [2.24, 2.45) is 0 Å². The zero-order valence-electron chi connectivity index (χ0n) is 18.6. The van der Waals surface area contributed by atoms with E-state index < -0.39 is 4.92 Å². The fraction of sp³-hybridized carbons (Fsp3) is 0.231. The van der Waals surface area contributed by atoms with Crippen molar-refractivity contribution in [2.75, 3.05) is 18.0 Å². The number of rotatable bonds is 4. The van der Waals surface area contributed by atoms with Gasteiger partial charge in [0.15, 0.2) is 0 Å². The quantitative estimate of drug-likeness (QED) is 0.323. The summed E-state index contributed by atoms with van der Waals surface area (Å²) in [6.45, 7) is 5.79. The monoisotopic (exact) mass is 440 g/mol. The van der Waals surface area contributed by atoms with E-state index in [1.807, 2.05) is 37.3 Å². The van der Waals surface area contributed by atoms with Crippen LogP contribution in [0.5, 0.6) is 0 Å². The average molecular weight is 441 g/mol. The van der Waals surface area contributed by atoms with Crippen LogP contribution in [0.3, 0.4) is 0 Å². The molecular weight excluding hydrogens is 416 g/mol. The Morgan fingerprint density at radius 2 is 1.61 bits per heavy atom. The molecule has 0 atom stereocenters. The Morgan fingerprint density at radius 3 is 2.30 bits per heavy atom. The average Bonchev–Trinajstić information content (AvgIpc) is 3.36. The molecule has 1 saturated heterocycles. The molecule has 1 fully saturated rings. The minimum Gasteiger partial charge on any atom is -0.370 e. The lowest BCUT2D eigenvalue weighted by molar-refractivity contribution is -0.384. The molecule has 1 aromatic heterocycles. The number of hydrogen-bond donors (Lipinski definition) is 0. The maximum atomic E-state index is 13.6. The van der Waals surface area contributed by atoms with E-state index in [4.69, 9.17) is 5.10 Å². The second-order valence-electron chi connectivity index (χ2n) is 8.53. The van der Waals surface area contributed by atoms with Gasteiger partial charge in [0.25, 0.3) is 11.2 Å². The minimum atomic E-state index is -0.437. The molecule has 166 valence electrons. The van der Waals surface area contributed by atoms with Crippen LogP contribution in [-0.2, 0) is 0 Å². The topological polar surface area (TPSA) is 81.3 Å². The summed E-state index contributed by atoms with van der Waals surface area (Å²) in [4.78, 5) is 26.9. The fourth-order valence-corrected chi connectivity index (χ4v) is 4.48. The van der Waals surface area contributed by atoms with E-state index >= 15 is 0 Å². The smallest absolute Gasteiger partial charge is 0.279 e. The predicted octanol–water partition coefficient (Wildman–Crippen LogP) is 5.18. The number of fused-ring (bicyclic) bond motifs is 1. The van der Waals surface area contributed by atoms with Gasteiger partial charge >= 0.3 is 0 Å². The molecule has 7 nitrogen and oxygen atoms in total. The number of non-ortho nitro benzene ring substituents is 1. The van der Waals surface area contributed by atoms with Gasteiger partial charge < -0.3 is 4.90 Å². The third-order valence-corrected chi connectivity index (χ3v) is 6.43. The number of nitro benzene ring substituents is 1. The highest BCUT2D eigenvalue weighted by atomic mass is 16.6. The van der Waals surface area contributed by atoms with Crippen molar-refractivity contribution in [3.05, 3.63) is 92.3 Å². The Bertz CT molecular complexity index is 1450. The molecule has 7 heteroatoms. The number of nitrogens with zero attached hydrogens (tertiary/aromatic N) is 4. The second kappa shape index (κ2) is 8.16. The van der Waals surface area contributed by atoms with Crippen molar-refractivity contribution >= 4 is 22.1 Å². The number of anilines is 1. The van der Waals surface area contributed by atoms with Crippen molar-refractivity contribution in [1.29, 1.82) is 0 Å². The first-order valence-electron chi connectivity index (χ1n) is 11.1. The van der Waals surface area contributed by atoms with Gasteiger partial charge in [-0.15, -0.1) is 0 Å². The van der Waals surface area contributed by atoms with E-state index in [1.165, 1.54) is 22.4 Å². The van der Waals surface area contributed by atoms with Crippen molar-refractivity contribution in [3.8, 4) is 16.9 Å². The van der Waals surface area contributed by atoms with Gasteiger partial charge in [0, 0.05) is 36.2 Å². The van der Waals surface area contributed by atoms with Gasteiger partial charge in [-0.1, -0.05) is 30.3 Å². The summed E-state index contributed by atoms with van der Waals surface area (Å²) in [5, 5.41) is 17.6. The number of hydrogen-bond acceptors (Lipinski definition) is 5. The van der Waals surface area contributed by atoms with Gasteiger partial charge in [0.2, 0.25) is 0 Å². The number of aromatic nitrogens is 2. The minimum absolute atomic E-state index is 0.0671. The number of nitro groups is 1. The molecule has 1 aliphatic heterocycles. The molecule has 4 aromatic rings. The Labute approximate surface area is 191 Å². The van der Waals surface area contributed by atoms with Gasteiger partial charge in [0.1, 0.15) is 0 Å². The molecule has 0 aliphatic carbocycles. The van der Waals surface area contributed by atoms with E-state index in [0.29, 0.717) is 16.8 Å².